The number of anilines is 1. The molecule has 2 N–H and O–H groups in total. The molecule has 2 aromatic heterocycles. The molecular formula is C14H20N4. The Hall–Kier alpha value is -1.84. The van der Waals surface area contributed by atoms with Gasteiger partial charge in [0.1, 0.15) is 5.82 Å². The molecule has 4 heteroatoms. The van der Waals surface area contributed by atoms with Crippen LogP contribution in [0.3, 0.4) is 0 Å². The topological polar surface area (TPSA) is 56.7 Å². The number of pyridine rings is 1. The van der Waals surface area contributed by atoms with Crippen LogP contribution in [0.25, 0.3) is 0 Å². The van der Waals surface area contributed by atoms with Gasteiger partial charge >= 0.3 is 0 Å². The molecule has 0 saturated carbocycles. The Kier molecular flexibility index (Phi) is 3.97. The van der Waals surface area contributed by atoms with Crippen molar-refractivity contribution >= 4 is 5.82 Å². The SMILES string of the molecule is CCc1cc(CCc2cccnc2N)n(CC)n1. The molecule has 0 saturated heterocycles. The molecule has 18 heavy (non-hydrogen) atoms. The van der Waals surface area contributed by atoms with Gasteiger partial charge < -0.3 is 5.73 Å². The second-order valence-corrected chi connectivity index (χ2v) is 4.34. The summed E-state index contributed by atoms with van der Waals surface area (Å²) in [4.78, 5) is 4.11. The second-order valence-electron chi connectivity index (χ2n) is 4.34. The van der Waals surface area contributed by atoms with Crippen molar-refractivity contribution in [3.8, 4) is 0 Å². The fourth-order valence-corrected chi connectivity index (χ4v) is 2.09. The predicted molar refractivity (Wildman–Crippen MR) is 73.3 cm³/mol. The van der Waals surface area contributed by atoms with Gasteiger partial charge in [-0.3, -0.25) is 4.68 Å². The third kappa shape index (κ3) is 2.70. The van der Waals surface area contributed by atoms with Crippen LogP contribution in [0, 0.1) is 0 Å². The highest BCUT2D eigenvalue weighted by molar-refractivity contribution is 5.38. The maximum atomic E-state index is 5.85. The molecule has 0 aromatic carbocycles. The number of nitrogens with two attached hydrogens (primary N) is 1. The molecule has 0 unspecified atom stereocenters. The molecule has 0 radical (unpaired) electrons. The summed E-state index contributed by atoms with van der Waals surface area (Å²) >= 11 is 0. The molecule has 4 nitrogen and oxygen atoms in total. The van der Waals surface area contributed by atoms with Gasteiger partial charge in [0.15, 0.2) is 0 Å². The molecule has 2 heterocycles. The predicted octanol–water partition coefficient (Wildman–Crippen LogP) is 2.23. The summed E-state index contributed by atoms with van der Waals surface area (Å²) in [6.45, 7) is 5.16. The zero-order chi connectivity index (χ0) is 13.0. The number of nitrogens with zero attached hydrogens (tertiary/aromatic N) is 3. The Morgan fingerprint density at radius 3 is 2.78 bits per heavy atom. The van der Waals surface area contributed by atoms with E-state index in [1.54, 1.807) is 6.20 Å². The van der Waals surface area contributed by atoms with Crippen LogP contribution in [-0.4, -0.2) is 14.8 Å². The number of hydrogen-bond acceptors (Lipinski definition) is 3. The van der Waals surface area contributed by atoms with Gasteiger partial charge in [-0.1, -0.05) is 13.0 Å². The molecular weight excluding hydrogens is 224 g/mol. The van der Waals surface area contributed by atoms with Crippen LogP contribution in [0.1, 0.15) is 30.8 Å². The van der Waals surface area contributed by atoms with Crippen LogP contribution < -0.4 is 5.73 Å². The van der Waals surface area contributed by atoms with Crippen molar-refractivity contribution in [1.29, 1.82) is 0 Å². The van der Waals surface area contributed by atoms with E-state index in [1.165, 1.54) is 5.69 Å². The smallest absolute Gasteiger partial charge is 0.126 e. The van der Waals surface area contributed by atoms with Crippen LogP contribution in [0.5, 0.6) is 0 Å². The van der Waals surface area contributed by atoms with Crippen LogP contribution in [0.4, 0.5) is 5.82 Å². The average molecular weight is 244 g/mol. The van der Waals surface area contributed by atoms with E-state index in [0.717, 1.165) is 37.1 Å². The maximum absolute atomic E-state index is 5.85. The summed E-state index contributed by atoms with van der Waals surface area (Å²) in [6, 6.07) is 6.16. The van der Waals surface area contributed by atoms with Crippen molar-refractivity contribution in [2.24, 2.45) is 0 Å². The van der Waals surface area contributed by atoms with E-state index < -0.39 is 0 Å². The maximum Gasteiger partial charge on any atom is 0.126 e. The Labute approximate surface area is 108 Å². The minimum Gasteiger partial charge on any atom is -0.383 e. The summed E-state index contributed by atoms with van der Waals surface area (Å²) in [5.41, 5.74) is 9.40. The van der Waals surface area contributed by atoms with Crippen molar-refractivity contribution in [1.82, 2.24) is 14.8 Å². The summed E-state index contributed by atoms with van der Waals surface area (Å²) in [5, 5.41) is 4.55. The normalized spacial score (nSPS) is 10.8. The average Bonchev–Trinajstić information content (AvgIpc) is 2.80. The molecule has 0 bridgehead atoms. The van der Waals surface area contributed by atoms with Gasteiger partial charge in [0.25, 0.3) is 0 Å². The zero-order valence-electron chi connectivity index (χ0n) is 11.1. The number of aromatic nitrogens is 3. The zero-order valence-corrected chi connectivity index (χ0v) is 11.1. The molecule has 2 aromatic rings. The summed E-state index contributed by atoms with van der Waals surface area (Å²) in [7, 11) is 0. The highest BCUT2D eigenvalue weighted by Gasteiger charge is 2.07. The molecule has 0 aliphatic heterocycles. The first-order valence-corrected chi connectivity index (χ1v) is 6.49. The van der Waals surface area contributed by atoms with E-state index in [1.807, 2.05) is 12.1 Å². The lowest BCUT2D eigenvalue weighted by Gasteiger charge is -2.06. The van der Waals surface area contributed by atoms with Gasteiger partial charge in [0, 0.05) is 18.4 Å². The number of hydrogen-bond donors (Lipinski definition) is 1. The first kappa shape index (κ1) is 12.6. The molecule has 96 valence electrons. The summed E-state index contributed by atoms with van der Waals surface area (Å²) in [6.07, 6.45) is 4.57. The largest absolute Gasteiger partial charge is 0.383 e. The highest BCUT2D eigenvalue weighted by Crippen LogP contribution is 2.13. The van der Waals surface area contributed by atoms with Crippen molar-refractivity contribution in [2.75, 3.05) is 5.73 Å². The molecule has 0 aliphatic rings. The second kappa shape index (κ2) is 5.67. The molecule has 0 aliphatic carbocycles. The van der Waals surface area contributed by atoms with Crippen LogP contribution >= 0.6 is 0 Å². The Balaban J connectivity index is 2.10. The van der Waals surface area contributed by atoms with Gasteiger partial charge in [0.05, 0.1) is 5.69 Å². The van der Waals surface area contributed by atoms with E-state index in [2.05, 4.69) is 34.7 Å². The molecule has 2 rings (SSSR count). The number of rotatable bonds is 5. The third-order valence-corrected chi connectivity index (χ3v) is 3.15. The Bertz CT molecular complexity index is 516. The Morgan fingerprint density at radius 2 is 2.11 bits per heavy atom. The summed E-state index contributed by atoms with van der Waals surface area (Å²) in [5.74, 6) is 0.635. The first-order chi connectivity index (χ1) is 8.74. The van der Waals surface area contributed by atoms with Crippen molar-refractivity contribution < 1.29 is 0 Å². The Morgan fingerprint density at radius 1 is 1.28 bits per heavy atom. The minimum atomic E-state index is 0.635. The van der Waals surface area contributed by atoms with Gasteiger partial charge in [-0.2, -0.15) is 5.10 Å². The van der Waals surface area contributed by atoms with Crippen LogP contribution in [0.15, 0.2) is 24.4 Å². The van der Waals surface area contributed by atoms with Gasteiger partial charge in [-0.15, -0.1) is 0 Å². The van der Waals surface area contributed by atoms with E-state index >= 15 is 0 Å². The monoisotopic (exact) mass is 244 g/mol. The van der Waals surface area contributed by atoms with Crippen molar-refractivity contribution in [3.05, 3.63) is 41.3 Å². The van der Waals surface area contributed by atoms with Gasteiger partial charge in [-0.25, -0.2) is 4.98 Å². The standard InChI is InChI=1S/C14H20N4/c1-3-12-10-13(18(4-2)17-12)8-7-11-6-5-9-16-14(11)15/h5-6,9-10H,3-4,7-8H2,1-2H3,(H2,15,16). The van der Waals surface area contributed by atoms with Gasteiger partial charge in [-0.05, 0) is 43.9 Å². The van der Waals surface area contributed by atoms with Crippen LogP contribution in [-0.2, 0) is 25.8 Å². The minimum absolute atomic E-state index is 0.635. The van der Waals surface area contributed by atoms with E-state index in [0.29, 0.717) is 5.82 Å². The van der Waals surface area contributed by atoms with E-state index in [9.17, 15) is 0 Å². The molecule has 0 spiro atoms. The number of nitrogen functional groups attached to an aromatic ring is 1. The fourth-order valence-electron chi connectivity index (χ4n) is 2.09. The molecule has 0 amide bonds. The van der Waals surface area contributed by atoms with Gasteiger partial charge in [0.2, 0.25) is 0 Å². The highest BCUT2D eigenvalue weighted by atomic mass is 15.3. The van der Waals surface area contributed by atoms with Crippen molar-refractivity contribution in [3.63, 3.8) is 0 Å². The fraction of sp³-hybridized carbons (Fsp3) is 0.429. The molecule has 0 atom stereocenters. The lowest BCUT2D eigenvalue weighted by molar-refractivity contribution is 0.611. The number of aryl methyl sites for hydroxylation is 4. The van der Waals surface area contributed by atoms with E-state index in [4.69, 9.17) is 5.73 Å². The summed E-state index contributed by atoms with van der Waals surface area (Å²) < 4.78 is 2.07. The van der Waals surface area contributed by atoms with E-state index in [-0.39, 0.29) is 0 Å². The lowest BCUT2D eigenvalue weighted by Crippen LogP contribution is -2.05. The first-order valence-electron chi connectivity index (χ1n) is 6.49. The quantitative estimate of drug-likeness (QED) is 0.877. The third-order valence-electron chi connectivity index (χ3n) is 3.15. The lowest BCUT2D eigenvalue weighted by atomic mass is 10.1. The molecule has 0 fully saturated rings. The van der Waals surface area contributed by atoms with Crippen LogP contribution in [0.2, 0.25) is 0 Å². The van der Waals surface area contributed by atoms with Crippen molar-refractivity contribution in [2.45, 2.75) is 39.7 Å².